The van der Waals surface area contributed by atoms with Crippen LogP contribution in [0.25, 0.3) is 0 Å². The minimum atomic E-state index is -0.503. The van der Waals surface area contributed by atoms with E-state index in [4.69, 9.17) is 4.74 Å². The van der Waals surface area contributed by atoms with Crippen LogP contribution in [0, 0.1) is 17.8 Å². The van der Waals surface area contributed by atoms with E-state index in [9.17, 15) is 14.7 Å². The molecule has 4 bridgehead atoms. The number of para-hydroxylation sites is 2. The van der Waals surface area contributed by atoms with Crippen LogP contribution in [-0.4, -0.2) is 73.0 Å². The number of piperazine rings is 1. The summed E-state index contributed by atoms with van der Waals surface area (Å²) in [6.07, 6.45) is 4.58. The van der Waals surface area contributed by atoms with Crippen LogP contribution < -0.4 is 20.0 Å². The van der Waals surface area contributed by atoms with Crippen molar-refractivity contribution in [1.29, 1.82) is 0 Å². The molecule has 2 aliphatic heterocycles. The highest BCUT2D eigenvalue weighted by molar-refractivity contribution is 5.98. The van der Waals surface area contributed by atoms with Gasteiger partial charge in [0.15, 0.2) is 0 Å². The first-order valence-corrected chi connectivity index (χ1v) is 16.9. The van der Waals surface area contributed by atoms with E-state index in [1.165, 1.54) is 0 Å². The van der Waals surface area contributed by atoms with E-state index in [2.05, 4.69) is 45.4 Å². The standard InChI is InChI=1S/C37H43N5O4/c43-35(38-34-28-20-27-21-29(34)24-37(45,22-27)23-28)42-19-18-41(32-8-4-5-9-33(32)42)31-12-10-30(11-13-31)39-14-16-40(17-15-39)36(44)46-25-26-6-2-1-3-7-26/h1-13,27-29,34,45H,14-25H2,(H,38,43). The third-order valence-electron chi connectivity index (χ3n) is 11.1. The number of aliphatic hydroxyl groups is 1. The van der Waals surface area contributed by atoms with Gasteiger partial charge >= 0.3 is 12.1 Å². The summed E-state index contributed by atoms with van der Waals surface area (Å²) < 4.78 is 5.53. The quantitative estimate of drug-likeness (QED) is 0.377. The van der Waals surface area contributed by atoms with Crippen LogP contribution in [0.1, 0.15) is 37.7 Å². The molecule has 9 rings (SSSR count). The van der Waals surface area contributed by atoms with Crippen LogP contribution in [0.15, 0.2) is 78.9 Å². The molecule has 5 fully saturated rings. The molecule has 9 nitrogen and oxygen atoms in total. The van der Waals surface area contributed by atoms with E-state index < -0.39 is 5.60 Å². The first kappa shape index (κ1) is 29.2. The average Bonchev–Trinajstić information content (AvgIpc) is 3.08. The maximum Gasteiger partial charge on any atom is 0.410 e. The lowest BCUT2D eigenvalue weighted by atomic mass is 9.52. The van der Waals surface area contributed by atoms with Crippen molar-refractivity contribution in [2.75, 3.05) is 54.0 Å². The fraction of sp³-hybridized carbons (Fsp3) is 0.459. The number of carbonyl (C=O) groups excluding carboxylic acids is 2. The Kier molecular flexibility index (Phi) is 7.51. The van der Waals surface area contributed by atoms with Gasteiger partial charge in [-0.3, -0.25) is 4.90 Å². The molecule has 2 N–H and O–H groups in total. The molecule has 0 aromatic heterocycles. The SMILES string of the molecule is O=C(OCc1ccccc1)N1CCN(c2ccc(N3CCN(C(=O)NC4C5CC6CC4CC(O)(C6)C5)c4ccccc43)cc2)CC1. The Morgan fingerprint density at radius 1 is 0.761 bits per heavy atom. The van der Waals surface area contributed by atoms with Gasteiger partial charge in [0.2, 0.25) is 0 Å². The third-order valence-corrected chi connectivity index (χ3v) is 11.1. The van der Waals surface area contributed by atoms with E-state index in [0.717, 1.165) is 73.5 Å². The molecule has 1 saturated heterocycles. The predicted molar refractivity (Wildman–Crippen MR) is 178 cm³/mol. The van der Waals surface area contributed by atoms with E-state index in [1.54, 1.807) is 4.90 Å². The van der Waals surface area contributed by atoms with Crippen LogP contribution in [-0.2, 0) is 11.3 Å². The van der Waals surface area contributed by atoms with Crippen LogP contribution in [0.2, 0.25) is 0 Å². The normalized spacial score (nSPS) is 28.2. The number of hydrogen-bond donors (Lipinski definition) is 2. The fourth-order valence-corrected chi connectivity index (χ4v) is 9.08. The summed E-state index contributed by atoms with van der Waals surface area (Å²) in [6.45, 7) is 4.33. The highest BCUT2D eigenvalue weighted by Gasteiger charge is 2.55. The smallest absolute Gasteiger partial charge is 0.410 e. The number of rotatable bonds is 5. The van der Waals surface area contributed by atoms with E-state index in [1.807, 2.05) is 53.4 Å². The summed E-state index contributed by atoms with van der Waals surface area (Å²) in [4.78, 5) is 34.7. The summed E-state index contributed by atoms with van der Waals surface area (Å²) in [5.41, 5.74) is 4.66. The Hall–Kier alpha value is -4.24. The van der Waals surface area contributed by atoms with Gasteiger partial charge in [-0.2, -0.15) is 0 Å². The molecule has 4 saturated carbocycles. The summed E-state index contributed by atoms with van der Waals surface area (Å²) in [5.74, 6) is 1.38. The molecule has 46 heavy (non-hydrogen) atoms. The molecule has 240 valence electrons. The molecule has 3 aromatic rings. The second kappa shape index (κ2) is 11.8. The lowest BCUT2D eigenvalue weighted by molar-refractivity contribution is -0.136. The Bertz CT molecular complexity index is 1560. The van der Waals surface area contributed by atoms with Gasteiger partial charge < -0.3 is 29.9 Å². The molecule has 3 aromatic carbocycles. The topological polar surface area (TPSA) is 88.6 Å². The zero-order valence-electron chi connectivity index (χ0n) is 26.3. The predicted octanol–water partition coefficient (Wildman–Crippen LogP) is 5.75. The zero-order valence-corrected chi connectivity index (χ0v) is 26.3. The molecule has 0 spiro atoms. The summed E-state index contributed by atoms with van der Waals surface area (Å²) >= 11 is 0. The lowest BCUT2D eigenvalue weighted by Gasteiger charge is -2.58. The van der Waals surface area contributed by atoms with Gasteiger partial charge in [-0.05, 0) is 91.8 Å². The minimum Gasteiger partial charge on any atom is -0.445 e. The minimum absolute atomic E-state index is 0.0185. The lowest BCUT2D eigenvalue weighted by Crippen LogP contribution is -2.63. The molecule has 6 aliphatic rings. The van der Waals surface area contributed by atoms with Gasteiger partial charge in [-0.15, -0.1) is 0 Å². The van der Waals surface area contributed by atoms with Gasteiger partial charge in [0.1, 0.15) is 6.61 Å². The van der Waals surface area contributed by atoms with Gasteiger partial charge in [0.25, 0.3) is 0 Å². The Morgan fingerprint density at radius 3 is 2.11 bits per heavy atom. The number of nitrogens with zero attached hydrogens (tertiary/aromatic N) is 4. The largest absolute Gasteiger partial charge is 0.445 e. The second-order valence-corrected chi connectivity index (χ2v) is 14.0. The van der Waals surface area contributed by atoms with Gasteiger partial charge in [-0.1, -0.05) is 42.5 Å². The number of nitrogens with one attached hydrogen (secondary N) is 1. The highest BCUT2D eigenvalue weighted by Crippen LogP contribution is 2.55. The number of anilines is 4. The molecular weight excluding hydrogens is 578 g/mol. The zero-order chi connectivity index (χ0) is 31.3. The van der Waals surface area contributed by atoms with Gasteiger partial charge in [0.05, 0.1) is 17.0 Å². The van der Waals surface area contributed by atoms with Crippen molar-refractivity contribution in [3.05, 3.63) is 84.4 Å². The Labute approximate surface area is 270 Å². The van der Waals surface area contributed by atoms with E-state index in [0.29, 0.717) is 43.9 Å². The number of hydrogen-bond acceptors (Lipinski definition) is 6. The van der Waals surface area contributed by atoms with Gasteiger partial charge in [0, 0.05) is 56.7 Å². The third kappa shape index (κ3) is 5.55. The van der Waals surface area contributed by atoms with E-state index in [-0.39, 0.29) is 24.8 Å². The van der Waals surface area contributed by atoms with Gasteiger partial charge in [-0.25, -0.2) is 9.59 Å². The number of carbonyl (C=O) groups is 2. The summed E-state index contributed by atoms with van der Waals surface area (Å²) in [6, 6.07) is 26.7. The van der Waals surface area contributed by atoms with Crippen LogP contribution in [0.5, 0.6) is 0 Å². The number of fused-ring (bicyclic) bond motifs is 1. The monoisotopic (exact) mass is 621 g/mol. The summed E-state index contributed by atoms with van der Waals surface area (Å²) in [7, 11) is 0. The van der Waals surface area contributed by atoms with Crippen LogP contribution >= 0.6 is 0 Å². The first-order valence-electron chi connectivity index (χ1n) is 16.9. The van der Waals surface area contributed by atoms with Crippen molar-refractivity contribution < 1.29 is 19.4 Å². The Morgan fingerprint density at radius 2 is 1.41 bits per heavy atom. The molecule has 2 heterocycles. The number of benzene rings is 3. The van der Waals surface area contributed by atoms with Crippen molar-refractivity contribution in [2.24, 2.45) is 17.8 Å². The molecule has 3 amide bonds. The average molecular weight is 622 g/mol. The van der Waals surface area contributed by atoms with Crippen LogP contribution in [0.3, 0.4) is 0 Å². The van der Waals surface area contributed by atoms with E-state index >= 15 is 0 Å². The molecule has 2 unspecified atom stereocenters. The fourth-order valence-electron chi connectivity index (χ4n) is 9.08. The second-order valence-electron chi connectivity index (χ2n) is 14.0. The van der Waals surface area contributed by atoms with Crippen molar-refractivity contribution in [2.45, 2.75) is 50.4 Å². The number of ether oxygens (including phenoxy) is 1. The first-order chi connectivity index (χ1) is 22.4. The molecule has 9 heteroatoms. The number of urea groups is 1. The molecular formula is C37H43N5O4. The van der Waals surface area contributed by atoms with Crippen molar-refractivity contribution in [3.63, 3.8) is 0 Å². The molecule has 0 radical (unpaired) electrons. The summed E-state index contributed by atoms with van der Waals surface area (Å²) in [5, 5.41) is 14.4. The Balaban J connectivity index is 0.891. The molecule has 2 atom stereocenters. The molecule has 4 aliphatic carbocycles. The van der Waals surface area contributed by atoms with Crippen LogP contribution in [0.4, 0.5) is 32.3 Å². The number of amides is 3. The van der Waals surface area contributed by atoms with Crippen molar-refractivity contribution in [1.82, 2.24) is 10.2 Å². The van der Waals surface area contributed by atoms with Crippen molar-refractivity contribution in [3.8, 4) is 0 Å². The maximum atomic E-state index is 13.8. The maximum absolute atomic E-state index is 13.8. The van der Waals surface area contributed by atoms with Crippen molar-refractivity contribution >= 4 is 34.9 Å². The highest BCUT2D eigenvalue weighted by atomic mass is 16.6.